The average Bonchev–Trinajstić information content (AvgIpc) is 3.31. The minimum absolute atomic E-state index is 0.0455. The fourth-order valence-corrected chi connectivity index (χ4v) is 4.85. The quantitative estimate of drug-likeness (QED) is 0.931. The molecule has 0 radical (unpaired) electrons. The minimum Gasteiger partial charge on any atom is -0.337 e. The van der Waals surface area contributed by atoms with Gasteiger partial charge in [0.05, 0.1) is 6.04 Å². The normalized spacial score (nSPS) is 23.0. The van der Waals surface area contributed by atoms with E-state index in [9.17, 15) is 4.79 Å². The molecule has 4 rings (SSSR count). The summed E-state index contributed by atoms with van der Waals surface area (Å²) < 4.78 is 0. The molecule has 128 valence electrons. The van der Waals surface area contributed by atoms with Crippen LogP contribution in [0.2, 0.25) is 0 Å². The molecule has 24 heavy (non-hydrogen) atoms. The Morgan fingerprint density at radius 1 is 1.42 bits per heavy atom. The van der Waals surface area contributed by atoms with Crippen molar-refractivity contribution in [2.45, 2.75) is 44.7 Å². The first kappa shape index (κ1) is 15.8. The number of nitrogens with one attached hydrogen (secondary N) is 1. The van der Waals surface area contributed by atoms with Gasteiger partial charge in [0, 0.05) is 42.3 Å². The van der Waals surface area contributed by atoms with E-state index in [1.165, 1.54) is 22.6 Å². The third-order valence-electron chi connectivity index (χ3n) is 5.44. The molecule has 0 aromatic carbocycles. The van der Waals surface area contributed by atoms with Crippen molar-refractivity contribution in [3.8, 4) is 0 Å². The molecule has 1 saturated heterocycles. The molecule has 0 saturated carbocycles. The summed E-state index contributed by atoms with van der Waals surface area (Å²) in [5, 5.41) is 9.31. The molecule has 2 aliphatic heterocycles. The Kier molecular flexibility index (Phi) is 4.41. The Morgan fingerprint density at radius 3 is 3.17 bits per heavy atom. The fourth-order valence-electron chi connectivity index (χ4n) is 3.96. The van der Waals surface area contributed by atoms with Crippen LogP contribution >= 0.6 is 11.3 Å². The van der Waals surface area contributed by atoms with Gasteiger partial charge in [-0.2, -0.15) is 5.10 Å². The second-order valence-corrected chi connectivity index (χ2v) is 7.90. The second-order valence-electron chi connectivity index (χ2n) is 6.90. The molecule has 4 heterocycles. The lowest BCUT2D eigenvalue weighted by atomic mass is 9.93. The van der Waals surface area contributed by atoms with Gasteiger partial charge in [0.15, 0.2) is 0 Å². The van der Waals surface area contributed by atoms with Crippen LogP contribution in [-0.2, 0) is 17.8 Å². The number of fused-ring (bicyclic) bond motifs is 1. The topological polar surface area (TPSA) is 52.2 Å². The monoisotopic (exact) mass is 344 g/mol. The lowest BCUT2D eigenvalue weighted by Gasteiger charge is -2.38. The Balaban J connectivity index is 1.41. The Morgan fingerprint density at radius 2 is 2.33 bits per heavy atom. The van der Waals surface area contributed by atoms with Crippen molar-refractivity contribution in [1.82, 2.24) is 20.0 Å². The number of likely N-dealkylation sites (tertiary alicyclic amines) is 1. The van der Waals surface area contributed by atoms with Crippen LogP contribution in [0.25, 0.3) is 0 Å². The van der Waals surface area contributed by atoms with Crippen LogP contribution in [0.15, 0.2) is 23.7 Å². The number of H-pyrrole nitrogens is 1. The van der Waals surface area contributed by atoms with E-state index in [1.54, 1.807) is 0 Å². The molecular weight excluding hydrogens is 320 g/mol. The Labute approximate surface area is 146 Å². The van der Waals surface area contributed by atoms with Crippen LogP contribution in [0.5, 0.6) is 0 Å². The number of hydrogen-bond acceptors (Lipinski definition) is 4. The maximum absolute atomic E-state index is 13.0. The van der Waals surface area contributed by atoms with Crippen molar-refractivity contribution in [3.63, 3.8) is 0 Å². The summed E-state index contributed by atoms with van der Waals surface area (Å²) in [5.41, 5.74) is 2.53. The van der Waals surface area contributed by atoms with Crippen molar-refractivity contribution in [2.24, 2.45) is 0 Å². The summed E-state index contributed by atoms with van der Waals surface area (Å²) in [7, 11) is 0. The molecule has 2 aromatic heterocycles. The maximum Gasteiger partial charge on any atom is 0.239 e. The van der Waals surface area contributed by atoms with E-state index < -0.39 is 0 Å². The zero-order valence-electron chi connectivity index (χ0n) is 14.1. The maximum atomic E-state index is 13.0. The summed E-state index contributed by atoms with van der Waals surface area (Å²) in [6.45, 7) is 5.65. The molecule has 0 aliphatic carbocycles. The second kappa shape index (κ2) is 6.69. The van der Waals surface area contributed by atoms with Crippen LogP contribution in [0, 0.1) is 0 Å². The summed E-state index contributed by atoms with van der Waals surface area (Å²) in [6, 6.07) is 4.18. The van der Waals surface area contributed by atoms with Crippen molar-refractivity contribution in [2.75, 3.05) is 19.6 Å². The van der Waals surface area contributed by atoms with Gasteiger partial charge >= 0.3 is 0 Å². The van der Waals surface area contributed by atoms with Crippen molar-refractivity contribution in [1.29, 1.82) is 0 Å². The predicted octanol–water partition coefficient (Wildman–Crippen LogP) is 2.62. The highest BCUT2D eigenvalue weighted by molar-refractivity contribution is 7.10. The highest BCUT2D eigenvalue weighted by Crippen LogP contribution is 2.28. The third kappa shape index (κ3) is 3.00. The first-order valence-corrected chi connectivity index (χ1v) is 9.67. The molecule has 6 heteroatoms. The number of aromatic amines is 1. The van der Waals surface area contributed by atoms with E-state index in [4.69, 9.17) is 0 Å². The van der Waals surface area contributed by atoms with Gasteiger partial charge in [-0.25, -0.2) is 0 Å². The number of nitrogens with zero attached hydrogens (tertiary/aromatic N) is 3. The van der Waals surface area contributed by atoms with E-state index in [2.05, 4.69) is 39.5 Å². The molecule has 0 bridgehead atoms. The number of hydrogen-bond donors (Lipinski definition) is 1. The predicted molar refractivity (Wildman–Crippen MR) is 95.0 cm³/mol. The lowest BCUT2D eigenvalue weighted by molar-refractivity contribution is -0.137. The standard InChI is InChI=1S/C18H24N4OS/c1-13(18(23)22-9-5-17-15(12-22)6-10-24-17)21-8-2-3-14(11-21)16-4-7-19-20-16/h4,6-7,10,13-14H,2-3,5,8-9,11-12H2,1H3,(H,19,20)/t13-,14-/m1/s1. The zero-order chi connectivity index (χ0) is 16.5. The summed E-state index contributed by atoms with van der Waals surface area (Å²) >= 11 is 1.82. The number of thiophene rings is 1. The van der Waals surface area contributed by atoms with E-state index in [1.807, 2.05) is 22.4 Å². The molecule has 2 aliphatic rings. The van der Waals surface area contributed by atoms with E-state index in [0.29, 0.717) is 5.92 Å². The smallest absolute Gasteiger partial charge is 0.239 e. The van der Waals surface area contributed by atoms with Crippen molar-refractivity contribution in [3.05, 3.63) is 39.8 Å². The first-order valence-electron chi connectivity index (χ1n) is 8.79. The number of rotatable bonds is 3. The summed E-state index contributed by atoms with van der Waals surface area (Å²) in [4.78, 5) is 18.8. The largest absolute Gasteiger partial charge is 0.337 e. The zero-order valence-corrected chi connectivity index (χ0v) is 14.9. The Bertz CT molecular complexity index is 696. The highest BCUT2D eigenvalue weighted by Gasteiger charge is 2.32. The molecule has 2 aromatic rings. The minimum atomic E-state index is -0.0455. The average molecular weight is 344 g/mol. The van der Waals surface area contributed by atoms with Crippen molar-refractivity contribution < 1.29 is 4.79 Å². The van der Waals surface area contributed by atoms with Gasteiger partial charge in [-0.05, 0) is 55.8 Å². The van der Waals surface area contributed by atoms with E-state index in [-0.39, 0.29) is 11.9 Å². The van der Waals surface area contributed by atoms with Gasteiger partial charge in [0.1, 0.15) is 0 Å². The molecule has 0 spiro atoms. The van der Waals surface area contributed by atoms with Crippen LogP contribution in [0.1, 0.15) is 41.8 Å². The van der Waals surface area contributed by atoms with Crippen LogP contribution in [-0.4, -0.2) is 51.6 Å². The fraction of sp³-hybridized carbons (Fsp3) is 0.556. The van der Waals surface area contributed by atoms with Crippen molar-refractivity contribution >= 4 is 17.2 Å². The molecule has 5 nitrogen and oxygen atoms in total. The summed E-state index contributed by atoms with van der Waals surface area (Å²) in [6.07, 6.45) is 5.12. The van der Waals surface area contributed by atoms with Gasteiger partial charge in [-0.3, -0.25) is 14.8 Å². The first-order chi connectivity index (χ1) is 11.7. The molecule has 0 unspecified atom stereocenters. The summed E-state index contributed by atoms with van der Waals surface area (Å²) in [5.74, 6) is 0.735. The number of carbonyl (C=O) groups is 1. The molecule has 1 amide bonds. The molecule has 1 fully saturated rings. The molecule has 1 N–H and O–H groups in total. The van der Waals surface area contributed by atoms with E-state index in [0.717, 1.165) is 39.0 Å². The molecule has 2 atom stereocenters. The third-order valence-corrected chi connectivity index (χ3v) is 6.46. The number of piperidine rings is 1. The van der Waals surface area contributed by atoms with Gasteiger partial charge in [-0.1, -0.05) is 0 Å². The van der Waals surface area contributed by atoms with Crippen LogP contribution in [0.4, 0.5) is 0 Å². The lowest BCUT2D eigenvalue weighted by Crippen LogP contribution is -2.50. The molecular formula is C18H24N4OS. The Hall–Kier alpha value is -1.66. The van der Waals surface area contributed by atoms with Gasteiger partial charge < -0.3 is 4.90 Å². The SMILES string of the molecule is C[C@H](C(=O)N1CCc2sccc2C1)N1CCC[C@@H](c2ccn[nH]2)C1. The van der Waals surface area contributed by atoms with Crippen LogP contribution in [0.3, 0.4) is 0 Å². The van der Waals surface area contributed by atoms with Gasteiger partial charge in [-0.15, -0.1) is 11.3 Å². The number of carbonyl (C=O) groups excluding carboxylic acids is 1. The van der Waals surface area contributed by atoms with Crippen LogP contribution < -0.4 is 0 Å². The van der Waals surface area contributed by atoms with E-state index >= 15 is 0 Å². The number of aromatic nitrogens is 2. The van der Waals surface area contributed by atoms with Gasteiger partial charge in [0.25, 0.3) is 0 Å². The number of amides is 1. The highest BCUT2D eigenvalue weighted by atomic mass is 32.1. The van der Waals surface area contributed by atoms with Gasteiger partial charge in [0.2, 0.25) is 5.91 Å².